The van der Waals surface area contributed by atoms with Gasteiger partial charge in [0, 0.05) is 17.4 Å². The first-order chi connectivity index (χ1) is 17.0. The van der Waals surface area contributed by atoms with E-state index in [1.807, 2.05) is 6.92 Å². The molecule has 0 fully saturated rings. The number of halogens is 1. The minimum Gasteiger partial charge on any atom is -0.464 e. The molecule has 0 aliphatic rings. The Hall–Kier alpha value is -3.44. The Kier molecular flexibility index (Phi) is 6.44. The highest BCUT2D eigenvalue weighted by molar-refractivity contribution is 9.11. The number of hydrogen-bond donors (Lipinski definition) is 1. The molecule has 0 radical (unpaired) electrons. The number of pyridine rings is 1. The molecule has 0 bridgehead atoms. The number of esters is 1. The van der Waals surface area contributed by atoms with Crippen molar-refractivity contribution < 1.29 is 9.53 Å². The number of nitrogens with one attached hydrogen (secondary N) is 1. The topological polar surface area (TPSA) is 111 Å². The van der Waals surface area contributed by atoms with Crippen LogP contribution >= 0.6 is 27.3 Å². The molecule has 0 spiro atoms. The SMILES string of the molecule is CCCc1nc2c(C)cc(C(=O)OC)nc2n1Cc1ccc(-c2csc(Br)c2-c2nn[nH]n2)cc1. The number of aromatic amines is 1. The number of fused-ring (bicyclic) bond motifs is 1. The zero-order chi connectivity index (χ0) is 24.5. The fourth-order valence-corrected chi connectivity index (χ4v) is 5.54. The molecular formula is C24H22BrN7O2S. The van der Waals surface area contributed by atoms with E-state index >= 15 is 0 Å². The molecule has 0 saturated heterocycles. The number of hydrogen-bond acceptors (Lipinski definition) is 8. The van der Waals surface area contributed by atoms with E-state index in [9.17, 15) is 4.79 Å². The number of ether oxygens (including phenoxy) is 1. The summed E-state index contributed by atoms with van der Waals surface area (Å²) in [6, 6.07) is 10.1. The van der Waals surface area contributed by atoms with Crippen molar-refractivity contribution in [3.05, 3.63) is 62.1 Å². The Morgan fingerprint density at radius 1 is 1.23 bits per heavy atom. The number of imidazole rings is 1. The molecule has 0 aliphatic carbocycles. The maximum atomic E-state index is 12.2. The van der Waals surface area contributed by atoms with Gasteiger partial charge in [0.15, 0.2) is 11.3 Å². The number of carbonyl (C=O) groups excluding carboxylic acids is 1. The number of nitrogens with zero attached hydrogens (tertiary/aromatic N) is 6. The average Bonchev–Trinajstić information content (AvgIpc) is 3.59. The molecule has 5 rings (SSSR count). The summed E-state index contributed by atoms with van der Waals surface area (Å²) >= 11 is 5.19. The van der Waals surface area contributed by atoms with Crippen LogP contribution in [-0.4, -0.2) is 48.2 Å². The van der Waals surface area contributed by atoms with Crippen molar-refractivity contribution in [3.8, 4) is 22.5 Å². The van der Waals surface area contributed by atoms with Crippen molar-refractivity contribution in [2.45, 2.75) is 33.2 Å². The first-order valence-corrected chi connectivity index (χ1v) is 12.7. The molecule has 0 unspecified atom stereocenters. The second kappa shape index (κ2) is 9.67. The summed E-state index contributed by atoms with van der Waals surface area (Å²) in [5.74, 6) is 1.04. The highest BCUT2D eigenvalue weighted by atomic mass is 79.9. The second-order valence-electron chi connectivity index (χ2n) is 8.08. The van der Waals surface area contributed by atoms with E-state index in [4.69, 9.17) is 9.72 Å². The third kappa shape index (κ3) is 4.37. The molecule has 11 heteroatoms. The molecule has 1 aromatic carbocycles. The van der Waals surface area contributed by atoms with E-state index in [-0.39, 0.29) is 5.69 Å². The Morgan fingerprint density at radius 3 is 2.71 bits per heavy atom. The second-order valence-corrected chi connectivity index (χ2v) is 10.3. The summed E-state index contributed by atoms with van der Waals surface area (Å²) in [5.41, 5.74) is 6.80. The fourth-order valence-electron chi connectivity index (χ4n) is 4.07. The number of aromatic nitrogens is 7. The van der Waals surface area contributed by atoms with E-state index in [0.29, 0.717) is 18.0 Å². The first-order valence-electron chi connectivity index (χ1n) is 11.0. The molecule has 1 N–H and O–H groups in total. The van der Waals surface area contributed by atoms with Gasteiger partial charge in [-0.05, 0) is 57.2 Å². The van der Waals surface area contributed by atoms with E-state index in [1.54, 1.807) is 17.4 Å². The Labute approximate surface area is 213 Å². The molecular weight excluding hydrogens is 530 g/mol. The number of benzene rings is 1. The molecule has 35 heavy (non-hydrogen) atoms. The Bertz CT molecular complexity index is 1510. The summed E-state index contributed by atoms with van der Waals surface area (Å²) in [6.07, 6.45) is 1.77. The highest BCUT2D eigenvalue weighted by Gasteiger charge is 2.19. The van der Waals surface area contributed by atoms with Crippen molar-refractivity contribution in [2.24, 2.45) is 0 Å². The third-order valence-corrected chi connectivity index (χ3v) is 7.48. The lowest BCUT2D eigenvalue weighted by atomic mass is 10.0. The van der Waals surface area contributed by atoms with Crippen LogP contribution < -0.4 is 0 Å². The zero-order valence-electron chi connectivity index (χ0n) is 19.4. The minimum atomic E-state index is -0.455. The van der Waals surface area contributed by atoms with Gasteiger partial charge in [-0.2, -0.15) is 5.21 Å². The molecule has 0 saturated carbocycles. The van der Waals surface area contributed by atoms with Gasteiger partial charge in [0.05, 0.1) is 23.0 Å². The van der Waals surface area contributed by atoms with Gasteiger partial charge in [-0.25, -0.2) is 14.8 Å². The van der Waals surface area contributed by atoms with Gasteiger partial charge in [-0.1, -0.05) is 31.2 Å². The molecule has 4 heterocycles. The lowest BCUT2D eigenvalue weighted by molar-refractivity contribution is 0.0594. The van der Waals surface area contributed by atoms with Crippen molar-refractivity contribution in [3.63, 3.8) is 0 Å². The third-order valence-electron chi connectivity index (χ3n) is 5.76. The Morgan fingerprint density at radius 2 is 2.03 bits per heavy atom. The van der Waals surface area contributed by atoms with Crippen LogP contribution in [0.15, 0.2) is 39.5 Å². The van der Waals surface area contributed by atoms with Crippen LogP contribution in [0.1, 0.15) is 40.8 Å². The van der Waals surface area contributed by atoms with Crippen LogP contribution in [0, 0.1) is 6.92 Å². The quantitative estimate of drug-likeness (QED) is 0.276. The lowest BCUT2D eigenvalue weighted by Crippen LogP contribution is -2.09. The smallest absolute Gasteiger partial charge is 0.356 e. The van der Waals surface area contributed by atoms with Gasteiger partial charge >= 0.3 is 5.97 Å². The maximum absolute atomic E-state index is 12.2. The van der Waals surface area contributed by atoms with Gasteiger partial charge in [-0.3, -0.25) is 0 Å². The number of tetrazole rings is 1. The highest BCUT2D eigenvalue weighted by Crippen LogP contribution is 2.40. The lowest BCUT2D eigenvalue weighted by Gasteiger charge is -2.10. The van der Waals surface area contributed by atoms with E-state index in [2.05, 4.69) is 82.7 Å². The number of methoxy groups -OCH3 is 1. The fraction of sp³-hybridized carbons (Fsp3) is 0.250. The molecule has 0 atom stereocenters. The number of carbonyl (C=O) groups is 1. The molecule has 5 aromatic rings. The normalized spacial score (nSPS) is 11.3. The predicted molar refractivity (Wildman–Crippen MR) is 137 cm³/mol. The average molecular weight is 552 g/mol. The maximum Gasteiger partial charge on any atom is 0.356 e. The van der Waals surface area contributed by atoms with Crippen LogP contribution in [0.5, 0.6) is 0 Å². The standard InChI is InChI=1S/C24H22BrN7O2S/c1-4-5-18-27-20-13(2)10-17(24(33)34-3)26-23(20)32(18)11-14-6-8-15(9-7-14)16-12-35-21(25)19(16)22-28-30-31-29-22/h6-10,12H,4-5,11H2,1-3H3,(H,28,29,30,31). The number of H-pyrrole nitrogens is 1. The summed E-state index contributed by atoms with van der Waals surface area (Å²) in [7, 11) is 1.36. The summed E-state index contributed by atoms with van der Waals surface area (Å²) < 4.78 is 7.95. The van der Waals surface area contributed by atoms with Gasteiger partial charge in [0.25, 0.3) is 0 Å². The first kappa shape index (κ1) is 23.3. The predicted octanol–water partition coefficient (Wildman–Crippen LogP) is 5.20. The van der Waals surface area contributed by atoms with Gasteiger partial charge < -0.3 is 9.30 Å². The molecule has 0 amide bonds. The van der Waals surface area contributed by atoms with Crippen molar-refractivity contribution in [2.75, 3.05) is 7.11 Å². The number of aryl methyl sites for hydroxylation is 2. The van der Waals surface area contributed by atoms with Gasteiger partial charge in [0.1, 0.15) is 11.3 Å². The van der Waals surface area contributed by atoms with Crippen LogP contribution in [-0.2, 0) is 17.7 Å². The van der Waals surface area contributed by atoms with Crippen LogP contribution in [0.2, 0.25) is 0 Å². The summed E-state index contributed by atoms with van der Waals surface area (Å²) in [4.78, 5) is 21.6. The minimum absolute atomic E-state index is 0.286. The van der Waals surface area contributed by atoms with Crippen molar-refractivity contribution >= 4 is 44.4 Å². The van der Waals surface area contributed by atoms with Crippen LogP contribution in [0.25, 0.3) is 33.7 Å². The molecule has 178 valence electrons. The molecule has 4 aromatic heterocycles. The molecule has 0 aliphatic heterocycles. The summed E-state index contributed by atoms with van der Waals surface area (Å²) in [5, 5.41) is 16.6. The largest absolute Gasteiger partial charge is 0.464 e. The monoisotopic (exact) mass is 551 g/mol. The van der Waals surface area contributed by atoms with E-state index < -0.39 is 5.97 Å². The summed E-state index contributed by atoms with van der Waals surface area (Å²) in [6.45, 7) is 4.66. The van der Waals surface area contributed by atoms with Gasteiger partial charge in [0.2, 0.25) is 5.82 Å². The van der Waals surface area contributed by atoms with Crippen LogP contribution in [0.3, 0.4) is 0 Å². The molecule has 9 nitrogen and oxygen atoms in total. The van der Waals surface area contributed by atoms with Gasteiger partial charge in [-0.15, -0.1) is 21.5 Å². The zero-order valence-corrected chi connectivity index (χ0v) is 21.8. The Balaban J connectivity index is 1.52. The van der Waals surface area contributed by atoms with E-state index in [1.165, 1.54) is 7.11 Å². The number of thiophene rings is 1. The van der Waals surface area contributed by atoms with Crippen LogP contribution in [0.4, 0.5) is 0 Å². The van der Waals surface area contributed by atoms with Crippen molar-refractivity contribution in [1.82, 2.24) is 35.2 Å². The number of rotatable bonds is 7. The van der Waals surface area contributed by atoms with E-state index in [0.717, 1.165) is 55.8 Å². The van der Waals surface area contributed by atoms with Crippen molar-refractivity contribution in [1.29, 1.82) is 0 Å².